The van der Waals surface area contributed by atoms with Gasteiger partial charge < -0.3 is 4.74 Å². The first kappa shape index (κ1) is 21.7. The standard InChI is InChI=1S/C23H23ClN6O2/c1-5-32-23(31)20-14(2)27-30(15(20)3)19-12-17(25-13-26-19)11-18-21(24)22(29(4)28-18)16-9-7-6-8-10-16/h6-10,12-13H,5,11H2,1-4H3. The summed E-state index contributed by atoms with van der Waals surface area (Å²) in [5.41, 5.74) is 5.00. The van der Waals surface area contributed by atoms with E-state index in [9.17, 15) is 4.79 Å². The first-order valence-electron chi connectivity index (χ1n) is 10.2. The summed E-state index contributed by atoms with van der Waals surface area (Å²) in [5, 5.41) is 9.68. The van der Waals surface area contributed by atoms with Gasteiger partial charge in [-0.05, 0) is 20.8 Å². The third-order valence-electron chi connectivity index (χ3n) is 5.15. The van der Waals surface area contributed by atoms with Crippen LogP contribution in [0.4, 0.5) is 0 Å². The lowest BCUT2D eigenvalue weighted by molar-refractivity contribution is 0.0524. The largest absolute Gasteiger partial charge is 0.462 e. The minimum Gasteiger partial charge on any atom is -0.462 e. The topological polar surface area (TPSA) is 87.7 Å². The van der Waals surface area contributed by atoms with Crippen LogP contribution in [0.5, 0.6) is 0 Å². The molecule has 3 heterocycles. The highest BCUT2D eigenvalue weighted by molar-refractivity contribution is 6.33. The number of nitrogens with zero attached hydrogens (tertiary/aromatic N) is 6. The Bertz CT molecular complexity index is 1280. The maximum absolute atomic E-state index is 12.3. The predicted octanol–water partition coefficient (Wildman–Crippen LogP) is 4.10. The van der Waals surface area contributed by atoms with Crippen molar-refractivity contribution in [2.24, 2.45) is 7.05 Å². The number of hydrogen-bond acceptors (Lipinski definition) is 6. The lowest BCUT2D eigenvalue weighted by Gasteiger charge is -2.06. The molecule has 0 aliphatic carbocycles. The van der Waals surface area contributed by atoms with E-state index in [1.165, 1.54) is 6.33 Å². The zero-order valence-corrected chi connectivity index (χ0v) is 19.1. The molecule has 0 bridgehead atoms. The lowest BCUT2D eigenvalue weighted by atomic mass is 10.1. The number of esters is 1. The van der Waals surface area contributed by atoms with Crippen LogP contribution < -0.4 is 0 Å². The van der Waals surface area contributed by atoms with Crippen LogP contribution in [-0.4, -0.2) is 42.1 Å². The van der Waals surface area contributed by atoms with Crippen LogP contribution >= 0.6 is 11.6 Å². The van der Waals surface area contributed by atoms with Gasteiger partial charge in [-0.2, -0.15) is 10.2 Å². The fraction of sp³-hybridized carbons (Fsp3) is 0.261. The van der Waals surface area contributed by atoms with E-state index >= 15 is 0 Å². The van der Waals surface area contributed by atoms with Crippen LogP contribution in [0.3, 0.4) is 0 Å². The van der Waals surface area contributed by atoms with Crippen molar-refractivity contribution < 1.29 is 9.53 Å². The van der Waals surface area contributed by atoms with Gasteiger partial charge in [-0.15, -0.1) is 0 Å². The Morgan fingerprint density at radius 2 is 1.88 bits per heavy atom. The Hall–Kier alpha value is -3.52. The van der Waals surface area contributed by atoms with E-state index < -0.39 is 5.97 Å². The van der Waals surface area contributed by atoms with Crippen molar-refractivity contribution in [1.82, 2.24) is 29.5 Å². The number of hydrogen-bond donors (Lipinski definition) is 0. The number of benzene rings is 1. The molecule has 164 valence electrons. The second-order valence-electron chi connectivity index (χ2n) is 7.32. The van der Waals surface area contributed by atoms with Gasteiger partial charge in [0.15, 0.2) is 5.82 Å². The molecule has 0 unspecified atom stereocenters. The van der Waals surface area contributed by atoms with Crippen molar-refractivity contribution >= 4 is 17.6 Å². The molecule has 9 heteroatoms. The smallest absolute Gasteiger partial charge is 0.341 e. The van der Waals surface area contributed by atoms with Crippen LogP contribution in [0.1, 0.15) is 40.1 Å². The number of ether oxygens (including phenoxy) is 1. The molecular weight excluding hydrogens is 428 g/mol. The monoisotopic (exact) mass is 450 g/mol. The third-order valence-corrected chi connectivity index (χ3v) is 5.55. The van der Waals surface area contributed by atoms with Gasteiger partial charge in [0, 0.05) is 25.1 Å². The fourth-order valence-electron chi connectivity index (χ4n) is 3.71. The molecular formula is C23H23ClN6O2. The summed E-state index contributed by atoms with van der Waals surface area (Å²) >= 11 is 6.69. The number of halogens is 1. The number of carbonyl (C=O) groups excluding carboxylic acids is 1. The molecule has 0 saturated carbocycles. The molecule has 0 fully saturated rings. The first-order chi connectivity index (χ1) is 15.4. The second-order valence-corrected chi connectivity index (χ2v) is 7.70. The summed E-state index contributed by atoms with van der Waals surface area (Å²) in [6, 6.07) is 11.7. The molecule has 0 saturated heterocycles. The SMILES string of the molecule is CCOC(=O)c1c(C)nn(-c2cc(Cc3nn(C)c(-c4ccccc4)c3Cl)ncn2)c1C. The maximum Gasteiger partial charge on any atom is 0.341 e. The highest BCUT2D eigenvalue weighted by Crippen LogP contribution is 2.31. The van der Waals surface area contributed by atoms with E-state index in [0.717, 1.165) is 22.6 Å². The van der Waals surface area contributed by atoms with E-state index in [-0.39, 0.29) is 0 Å². The fourth-order valence-corrected chi connectivity index (χ4v) is 4.05. The molecule has 0 spiro atoms. The van der Waals surface area contributed by atoms with E-state index in [1.54, 1.807) is 23.2 Å². The molecule has 0 N–H and O–H groups in total. The summed E-state index contributed by atoms with van der Waals surface area (Å²) in [7, 11) is 1.87. The van der Waals surface area contributed by atoms with Crippen molar-refractivity contribution in [3.8, 4) is 17.1 Å². The molecule has 0 aliphatic rings. The van der Waals surface area contributed by atoms with Gasteiger partial charge in [0.2, 0.25) is 0 Å². The Morgan fingerprint density at radius 3 is 2.59 bits per heavy atom. The zero-order chi connectivity index (χ0) is 22.8. The lowest BCUT2D eigenvalue weighted by Crippen LogP contribution is -2.08. The van der Waals surface area contributed by atoms with Crippen LogP contribution in [0, 0.1) is 13.8 Å². The summed E-state index contributed by atoms with van der Waals surface area (Å²) in [6.07, 6.45) is 1.90. The van der Waals surface area contributed by atoms with E-state index in [2.05, 4.69) is 20.2 Å². The molecule has 0 atom stereocenters. The maximum atomic E-state index is 12.3. The van der Waals surface area contributed by atoms with Gasteiger partial charge in [0.05, 0.1) is 40.1 Å². The number of aryl methyl sites for hydroxylation is 2. The van der Waals surface area contributed by atoms with Gasteiger partial charge in [-0.3, -0.25) is 4.68 Å². The van der Waals surface area contributed by atoms with Gasteiger partial charge in [-0.25, -0.2) is 19.4 Å². The van der Waals surface area contributed by atoms with Crippen LogP contribution in [0.2, 0.25) is 5.02 Å². The Balaban J connectivity index is 1.66. The van der Waals surface area contributed by atoms with Crippen molar-refractivity contribution in [2.45, 2.75) is 27.2 Å². The number of aromatic nitrogens is 6. The molecule has 8 nitrogen and oxygen atoms in total. The second kappa shape index (κ2) is 8.92. The minimum absolute atomic E-state index is 0.302. The summed E-state index contributed by atoms with van der Waals surface area (Å²) in [5.74, 6) is 0.165. The summed E-state index contributed by atoms with van der Waals surface area (Å²) < 4.78 is 8.56. The average Bonchev–Trinajstić information content (AvgIpc) is 3.23. The highest BCUT2D eigenvalue weighted by atomic mass is 35.5. The summed E-state index contributed by atoms with van der Waals surface area (Å²) in [6.45, 7) is 5.67. The Kier molecular flexibility index (Phi) is 6.05. The van der Waals surface area contributed by atoms with Gasteiger partial charge in [0.1, 0.15) is 11.9 Å². The molecule has 4 aromatic rings. The molecule has 32 heavy (non-hydrogen) atoms. The van der Waals surface area contributed by atoms with Crippen molar-refractivity contribution in [2.75, 3.05) is 6.61 Å². The van der Waals surface area contributed by atoms with Crippen molar-refractivity contribution in [3.05, 3.63) is 76.1 Å². The normalized spacial score (nSPS) is 11.0. The van der Waals surface area contributed by atoms with Gasteiger partial charge >= 0.3 is 5.97 Å². The Morgan fingerprint density at radius 1 is 1.12 bits per heavy atom. The number of rotatable bonds is 6. The average molecular weight is 451 g/mol. The van der Waals surface area contributed by atoms with E-state index in [4.69, 9.17) is 16.3 Å². The molecule has 0 radical (unpaired) electrons. The number of carbonyl (C=O) groups is 1. The molecule has 4 rings (SSSR count). The van der Waals surface area contributed by atoms with E-state index in [1.807, 2.05) is 50.4 Å². The van der Waals surface area contributed by atoms with Crippen molar-refractivity contribution in [3.63, 3.8) is 0 Å². The van der Waals surface area contributed by atoms with Crippen LogP contribution in [0.15, 0.2) is 42.7 Å². The minimum atomic E-state index is -0.392. The van der Waals surface area contributed by atoms with Gasteiger partial charge in [0.25, 0.3) is 0 Å². The molecule has 3 aromatic heterocycles. The van der Waals surface area contributed by atoms with Crippen molar-refractivity contribution in [1.29, 1.82) is 0 Å². The highest BCUT2D eigenvalue weighted by Gasteiger charge is 2.22. The van der Waals surface area contributed by atoms with E-state index in [0.29, 0.717) is 40.8 Å². The Labute approximate surface area is 190 Å². The van der Waals surface area contributed by atoms with Crippen LogP contribution in [0.25, 0.3) is 17.1 Å². The van der Waals surface area contributed by atoms with Crippen LogP contribution in [-0.2, 0) is 18.2 Å². The quantitative estimate of drug-likeness (QED) is 0.411. The van der Waals surface area contributed by atoms with Gasteiger partial charge in [-0.1, -0.05) is 41.9 Å². The molecule has 0 aliphatic heterocycles. The zero-order valence-electron chi connectivity index (χ0n) is 18.3. The predicted molar refractivity (Wildman–Crippen MR) is 121 cm³/mol. The molecule has 0 amide bonds. The first-order valence-corrected chi connectivity index (χ1v) is 10.6. The summed E-state index contributed by atoms with van der Waals surface area (Å²) in [4.78, 5) is 21.0. The third kappa shape index (κ3) is 4.01. The molecule has 1 aromatic carbocycles.